The third-order valence-electron chi connectivity index (χ3n) is 4.43. The zero-order valence-electron chi connectivity index (χ0n) is 15.5. The Balaban J connectivity index is 0.00000261. The number of anilines is 2. The Kier molecular flexibility index (Phi) is 7.73. The molecule has 1 fully saturated rings. The Morgan fingerprint density at radius 1 is 1.15 bits per heavy atom. The second-order valence-corrected chi connectivity index (χ2v) is 7.37. The summed E-state index contributed by atoms with van der Waals surface area (Å²) in [6.45, 7) is 3.66. The second kappa shape index (κ2) is 9.59. The van der Waals surface area contributed by atoms with E-state index in [1.54, 1.807) is 19.2 Å². The lowest BCUT2D eigenvalue weighted by Crippen LogP contribution is -3.00. The standard InChI is InChI=1S/C18H22ClN5OS.ClH/c1-22-9-11-24(12-10-22)16-14(26-3)15(19)20-18(21-16)23(2)17(25)13-7-5-4-6-8-13;/h4-8H,9-12H2,1-3H3;1H/p-1. The first-order valence-corrected chi connectivity index (χ1v) is 9.99. The Bertz CT molecular complexity index is 785. The molecule has 6 nitrogen and oxygen atoms in total. The Labute approximate surface area is 175 Å². The average molecular weight is 427 g/mol. The number of piperazine rings is 1. The van der Waals surface area contributed by atoms with Gasteiger partial charge in [-0.15, -0.1) is 11.8 Å². The van der Waals surface area contributed by atoms with Crippen LogP contribution in [0.15, 0.2) is 35.2 Å². The summed E-state index contributed by atoms with van der Waals surface area (Å²) >= 11 is 7.96. The third kappa shape index (κ3) is 4.85. The maximum atomic E-state index is 12.7. The summed E-state index contributed by atoms with van der Waals surface area (Å²) in [7, 11) is 3.78. The summed E-state index contributed by atoms with van der Waals surface area (Å²) in [5.41, 5.74) is 0.588. The van der Waals surface area contributed by atoms with Gasteiger partial charge in [0.1, 0.15) is 11.0 Å². The van der Waals surface area contributed by atoms with Gasteiger partial charge in [-0.3, -0.25) is 9.69 Å². The number of hydrogen-bond acceptors (Lipinski definition) is 6. The number of carbonyl (C=O) groups excluding carboxylic acids is 1. The largest absolute Gasteiger partial charge is 1.00 e. The van der Waals surface area contributed by atoms with Crippen LogP contribution in [0.4, 0.5) is 11.8 Å². The molecular formula is C18H22Cl2N5OS-. The lowest BCUT2D eigenvalue weighted by molar-refractivity contribution is -0.0000131. The van der Waals surface area contributed by atoms with Gasteiger partial charge in [-0.05, 0) is 25.4 Å². The van der Waals surface area contributed by atoms with E-state index in [-0.39, 0.29) is 18.3 Å². The normalized spacial score (nSPS) is 14.6. The van der Waals surface area contributed by atoms with Gasteiger partial charge in [0.2, 0.25) is 5.95 Å². The van der Waals surface area contributed by atoms with Crippen molar-refractivity contribution in [3.8, 4) is 0 Å². The minimum atomic E-state index is -0.164. The number of hydrogen-bond donors (Lipinski definition) is 0. The summed E-state index contributed by atoms with van der Waals surface area (Å²) in [4.78, 5) is 28.6. The molecule has 1 aliphatic heterocycles. The van der Waals surface area contributed by atoms with Gasteiger partial charge in [0.15, 0.2) is 0 Å². The lowest BCUT2D eigenvalue weighted by Gasteiger charge is -2.34. The molecule has 3 rings (SSSR count). The smallest absolute Gasteiger partial charge is 0.260 e. The van der Waals surface area contributed by atoms with Crippen molar-refractivity contribution in [2.45, 2.75) is 4.90 Å². The molecular weight excluding hydrogens is 405 g/mol. The monoisotopic (exact) mass is 426 g/mol. The molecule has 0 radical (unpaired) electrons. The zero-order chi connectivity index (χ0) is 18.7. The third-order valence-corrected chi connectivity index (χ3v) is 5.60. The SMILES string of the molecule is CSc1c(Cl)nc(N(C)C(=O)c2ccccc2)nc1N1CCN(C)CC1.[Cl-]. The summed E-state index contributed by atoms with van der Waals surface area (Å²) in [5, 5.41) is 0.379. The molecule has 0 spiro atoms. The molecule has 1 aromatic heterocycles. The van der Waals surface area contributed by atoms with Crippen LogP contribution in [0.25, 0.3) is 0 Å². The molecule has 1 saturated heterocycles. The highest BCUT2D eigenvalue weighted by Gasteiger charge is 2.24. The molecule has 0 saturated carbocycles. The van der Waals surface area contributed by atoms with Gasteiger partial charge in [0.25, 0.3) is 5.91 Å². The van der Waals surface area contributed by atoms with E-state index in [4.69, 9.17) is 16.6 Å². The molecule has 2 aromatic rings. The molecule has 0 bridgehead atoms. The van der Waals surface area contributed by atoms with E-state index in [1.807, 2.05) is 24.5 Å². The Morgan fingerprint density at radius 3 is 2.37 bits per heavy atom. The van der Waals surface area contributed by atoms with E-state index in [1.165, 1.54) is 16.7 Å². The maximum Gasteiger partial charge on any atom is 0.260 e. The topological polar surface area (TPSA) is 52.6 Å². The van der Waals surface area contributed by atoms with E-state index >= 15 is 0 Å². The Morgan fingerprint density at radius 2 is 1.78 bits per heavy atom. The van der Waals surface area contributed by atoms with Crippen molar-refractivity contribution >= 4 is 41.0 Å². The highest BCUT2D eigenvalue weighted by atomic mass is 35.5. The van der Waals surface area contributed by atoms with Crippen LogP contribution in [0.3, 0.4) is 0 Å². The van der Waals surface area contributed by atoms with Crippen LogP contribution in [0.5, 0.6) is 0 Å². The molecule has 0 atom stereocenters. The minimum Gasteiger partial charge on any atom is -1.00 e. The molecule has 9 heteroatoms. The van der Waals surface area contributed by atoms with Crippen molar-refractivity contribution in [1.29, 1.82) is 0 Å². The number of nitrogens with zero attached hydrogens (tertiary/aromatic N) is 5. The first-order chi connectivity index (χ1) is 12.5. The van der Waals surface area contributed by atoms with Crippen LogP contribution >= 0.6 is 23.4 Å². The van der Waals surface area contributed by atoms with E-state index < -0.39 is 0 Å². The van der Waals surface area contributed by atoms with Crippen LogP contribution in [-0.2, 0) is 0 Å². The first-order valence-electron chi connectivity index (χ1n) is 8.39. The minimum absolute atomic E-state index is 0. The number of carbonyl (C=O) groups is 1. The number of halogens is 2. The lowest BCUT2D eigenvalue weighted by atomic mass is 10.2. The molecule has 146 valence electrons. The summed E-state index contributed by atoms with van der Waals surface area (Å²) in [6.07, 6.45) is 1.96. The van der Waals surface area contributed by atoms with Crippen LogP contribution in [0.2, 0.25) is 5.15 Å². The van der Waals surface area contributed by atoms with Crippen LogP contribution in [-0.4, -0.2) is 67.3 Å². The molecule has 1 aromatic carbocycles. The van der Waals surface area contributed by atoms with Gasteiger partial charge in [0.05, 0.1) is 4.90 Å². The molecule has 0 aliphatic carbocycles. The predicted molar refractivity (Wildman–Crippen MR) is 108 cm³/mol. The molecule has 2 heterocycles. The second-order valence-electron chi connectivity index (χ2n) is 6.19. The fourth-order valence-corrected chi connectivity index (χ4v) is 3.79. The number of rotatable bonds is 4. The first kappa shape index (κ1) is 21.8. The van der Waals surface area contributed by atoms with Crippen molar-refractivity contribution in [1.82, 2.24) is 14.9 Å². The quantitative estimate of drug-likeness (QED) is 0.501. The highest BCUT2D eigenvalue weighted by Crippen LogP contribution is 2.34. The van der Waals surface area contributed by atoms with Gasteiger partial charge >= 0.3 is 0 Å². The number of aromatic nitrogens is 2. The number of amides is 1. The van der Waals surface area contributed by atoms with Gasteiger partial charge in [-0.2, -0.15) is 9.97 Å². The predicted octanol–water partition coefficient (Wildman–Crippen LogP) is -0.116. The molecule has 27 heavy (non-hydrogen) atoms. The van der Waals surface area contributed by atoms with E-state index in [0.717, 1.165) is 36.9 Å². The van der Waals surface area contributed by atoms with Gasteiger partial charge in [-0.1, -0.05) is 29.8 Å². The average Bonchev–Trinajstić information content (AvgIpc) is 2.67. The van der Waals surface area contributed by atoms with Crippen molar-refractivity contribution in [2.24, 2.45) is 0 Å². The number of likely N-dealkylation sites (N-methyl/N-ethyl adjacent to an activating group) is 1. The van der Waals surface area contributed by atoms with Crippen molar-refractivity contribution in [2.75, 3.05) is 56.3 Å². The Hall–Kier alpha value is -1.54. The van der Waals surface area contributed by atoms with E-state index in [0.29, 0.717) is 16.7 Å². The van der Waals surface area contributed by atoms with Gasteiger partial charge in [-0.25, -0.2) is 0 Å². The molecule has 1 aliphatic rings. The van der Waals surface area contributed by atoms with Crippen LogP contribution in [0.1, 0.15) is 10.4 Å². The van der Waals surface area contributed by atoms with Crippen molar-refractivity contribution < 1.29 is 17.2 Å². The van der Waals surface area contributed by atoms with Gasteiger partial charge in [0, 0.05) is 38.8 Å². The van der Waals surface area contributed by atoms with E-state index in [2.05, 4.69) is 21.8 Å². The molecule has 0 unspecified atom stereocenters. The maximum absolute atomic E-state index is 12.7. The van der Waals surface area contributed by atoms with Crippen molar-refractivity contribution in [3.05, 3.63) is 41.0 Å². The van der Waals surface area contributed by atoms with Crippen molar-refractivity contribution in [3.63, 3.8) is 0 Å². The van der Waals surface area contributed by atoms with Gasteiger partial charge < -0.3 is 22.2 Å². The van der Waals surface area contributed by atoms with Crippen LogP contribution < -0.4 is 22.2 Å². The molecule has 1 amide bonds. The number of benzene rings is 1. The fourth-order valence-electron chi connectivity index (χ4n) is 2.82. The zero-order valence-corrected chi connectivity index (χ0v) is 17.9. The summed E-state index contributed by atoms with van der Waals surface area (Å²) in [6, 6.07) is 9.10. The summed E-state index contributed by atoms with van der Waals surface area (Å²) < 4.78 is 0. The molecule has 0 N–H and O–H groups in total. The van der Waals surface area contributed by atoms with Crippen LogP contribution in [0, 0.1) is 0 Å². The fraction of sp³-hybridized carbons (Fsp3) is 0.389. The van der Waals surface area contributed by atoms with E-state index in [9.17, 15) is 4.79 Å². The number of thioether (sulfide) groups is 1. The summed E-state index contributed by atoms with van der Waals surface area (Å²) in [5.74, 6) is 0.951. The highest BCUT2D eigenvalue weighted by molar-refractivity contribution is 7.98.